The number of carbonyl (C=O) groups is 1. The lowest BCUT2D eigenvalue weighted by molar-refractivity contribution is 0.101. The molecular weight excluding hydrogens is 176 g/mol. The molecule has 0 unspecified atom stereocenters. The van der Waals surface area contributed by atoms with Gasteiger partial charge in [-0.25, -0.2) is 0 Å². The summed E-state index contributed by atoms with van der Waals surface area (Å²) in [5.41, 5.74) is 1.80. The maximum atomic E-state index is 11.0. The summed E-state index contributed by atoms with van der Waals surface area (Å²) in [4.78, 5) is 11.0. The highest BCUT2D eigenvalue weighted by Crippen LogP contribution is 2.06. The number of benzene rings is 1. The van der Waals surface area contributed by atoms with Gasteiger partial charge in [0.15, 0.2) is 5.78 Å². The summed E-state index contributed by atoms with van der Waals surface area (Å²) in [5, 5.41) is 0. The van der Waals surface area contributed by atoms with Gasteiger partial charge in [0.25, 0.3) is 0 Å². The molecule has 0 N–H and O–H groups in total. The second kappa shape index (κ2) is 5.35. The first-order valence-corrected chi connectivity index (χ1v) is 4.52. The lowest BCUT2D eigenvalue weighted by atomic mass is 10.1. The molecule has 0 heterocycles. The highest BCUT2D eigenvalue weighted by molar-refractivity contribution is 5.93. The van der Waals surface area contributed by atoms with Gasteiger partial charge in [0.1, 0.15) is 0 Å². The van der Waals surface area contributed by atoms with E-state index in [1.54, 1.807) is 13.0 Å². The van der Waals surface area contributed by atoms with E-state index in [0.29, 0.717) is 13.2 Å². The van der Waals surface area contributed by atoms with Gasteiger partial charge in [-0.15, -0.1) is 6.58 Å². The van der Waals surface area contributed by atoms with Gasteiger partial charge in [0.2, 0.25) is 0 Å². The Hall–Kier alpha value is -1.41. The van der Waals surface area contributed by atoms with Crippen LogP contribution in [0.2, 0.25) is 0 Å². The summed E-state index contributed by atoms with van der Waals surface area (Å²) >= 11 is 0. The van der Waals surface area contributed by atoms with Gasteiger partial charge in [-0.05, 0) is 12.5 Å². The molecule has 14 heavy (non-hydrogen) atoms. The standard InChI is InChI=1S/C12H14O2/c1-3-8-14-9-11-4-6-12(7-5-11)10(2)13/h3-7H,1,8-9H2,2H3. The zero-order valence-electron chi connectivity index (χ0n) is 8.32. The number of rotatable bonds is 5. The predicted octanol–water partition coefficient (Wildman–Crippen LogP) is 2.59. The minimum atomic E-state index is 0.0866. The fraction of sp³-hybridized carbons (Fsp3) is 0.250. The Morgan fingerprint density at radius 2 is 2.07 bits per heavy atom. The molecule has 0 aliphatic carbocycles. The van der Waals surface area contributed by atoms with E-state index in [1.807, 2.05) is 24.3 Å². The maximum Gasteiger partial charge on any atom is 0.159 e. The van der Waals surface area contributed by atoms with E-state index in [-0.39, 0.29) is 5.78 Å². The summed E-state index contributed by atoms with van der Waals surface area (Å²) in [6.45, 7) is 6.23. The van der Waals surface area contributed by atoms with Crippen molar-refractivity contribution in [1.29, 1.82) is 0 Å². The highest BCUT2D eigenvalue weighted by atomic mass is 16.5. The predicted molar refractivity (Wildman–Crippen MR) is 56.3 cm³/mol. The van der Waals surface area contributed by atoms with Crippen LogP contribution in [0.5, 0.6) is 0 Å². The molecule has 0 aliphatic rings. The topological polar surface area (TPSA) is 26.3 Å². The van der Waals surface area contributed by atoms with Crippen molar-refractivity contribution in [3.8, 4) is 0 Å². The average molecular weight is 190 g/mol. The Balaban J connectivity index is 2.55. The summed E-state index contributed by atoms with van der Waals surface area (Å²) < 4.78 is 5.27. The Morgan fingerprint density at radius 3 is 2.57 bits per heavy atom. The molecule has 0 saturated carbocycles. The maximum absolute atomic E-state index is 11.0. The normalized spacial score (nSPS) is 9.79. The lowest BCUT2D eigenvalue weighted by Gasteiger charge is -2.02. The molecule has 1 aromatic carbocycles. The molecule has 0 amide bonds. The van der Waals surface area contributed by atoms with Crippen LogP contribution in [0.4, 0.5) is 0 Å². The van der Waals surface area contributed by atoms with E-state index in [0.717, 1.165) is 11.1 Å². The second-order valence-corrected chi connectivity index (χ2v) is 3.06. The summed E-state index contributed by atoms with van der Waals surface area (Å²) in [6, 6.07) is 7.43. The lowest BCUT2D eigenvalue weighted by Crippen LogP contribution is -1.95. The first-order valence-electron chi connectivity index (χ1n) is 4.52. The van der Waals surface area contributed by atoms with E-state index < -0.39 is 0 Å². The number of carbonyl (C=O) groups excluding carboxylic acids is 1. The molecule has 0 bridgehead atoms. The van der Waals surface area contributed by atoms with E-state index >= 15 is 0 Å². The van der Waals surface area contributed by atoms with Crippen molar-refractivity contribution < 1.29 is 9.53 Å². The summed E-state index contributed by atoms with van der Waals surface area (Å²) in [5.74, 6) is 0.0866. The smallest absolute Gasteiger partial charge is 0.159 e. The summed E-state index contributed by atoms with van der Waals surface area (Å²) in [7, 11) is 0. The second-order valence-electron chi connectivity index (χ2n) is 3.06. The Morgan fingerprint density at radius 1 is 1.43 bits per heavy atom. The van der Waals surface area contributed by atoms with Crippen LogP contribution in [0.25, 0.3) is 0 Å². The van der Waals surface area contributed by atoms with Crippen molar-refractivity contribution in [1.82, 2.24) is 0 Å². The Labute approximate surface area is 84.2 Å². The zero-order chi connectivity index (χ0) is 10.4. The van der Waals surface area contributed by atoms with Gasteiger partial charge in [0.05, 0.1) is 13.2 Å². The van der Waals surface area contributed by atoms with E-state index in [9.17, 15) is 4.79 Å². The van der Waals surface area contributed by atoms with Gasteiger partial charge >= 0.3 is 0 Å². The molecule has 0 spiro atoms. The van der Waals surface area contributed by atoms with E-state index in [4.69, 9.17) is 4.74 Å². The largest absolute Gasteiger partial charge is 0.373 e. The fourth-order valence-corrected chi connectivity index (χ4v) is 1.10. The van der Waals surface area contributed by atoms with Gasteiger partial charge < -0.3 is 4.74 Å². The number of hydrogen-bond acceptors (Lipinski definition) is 2. The van der Waals surface area contributed by atoms with Crippen molar-refractivity contribution in [2.45, 2.75) is 13.5 Å². The minimum absolute atomic E-state index is 0.0866. The van der Waals surface area contributed by atoms with Crippen molar-refractivity contribution in [3.05, 3.63) is 48.0 Å². The summed E-state index contributed by atoms with van der Waals surface area (Å²) in [6.07, 6.45) is 1.71. The molecule has 74 valence electrons. The number of ether oxygens (including phenoxy) is 1. The van der Waals surface area contributed by atoms with Gasteiger partial charge in [-0.1, -0.05) is 30.3 Å². The quantitative estimate of drug-likeness (QED) is 0.405. The van der Waals surface area contributed by atoms with Crippen LogP contribution >= 0.6 is 0 Å². The number of ketones is 1. The molecule has 2 heteroatoms. The first-order chi connectivity index (χ1) is 6.74. The van der Waals surface area contributed by atoms with Crippen molar-refractivity contribution in [3.63, 3.8) is 0 Å². The molecule has 0 fully saturated rings. The molecule has 0 aromatic heterocycles. The van der Waals surface area contributed by atoms with Crippen LogP contribution < -0.4 is 0 Å². The van der Waals surface area contributed by atoms with Crippen LogP contribution in [-0.4, -0.2) is 12.4 Å². The molecule has 0 radical (unpaired) electrons. The monoisotopic (exact) mass is 190 g/mol. The molecule has 2 nitrogen and oxygen atoms in total. The van der Waals surface area contributed by atoms with Gasteiger partial charge in [-0.2, -0.15) is 0 Å². The minimum Gasteiger partial charge on any atom is -0.373 e. The van der Waals surface area contributed by atoms with E-state index in [2.05, 4.69) is 6.58 Å². The molecule has 0 saturated heterocycles. The van der Waals surface area contributed by atoms with Crippen LogP contribution in [-0.2, 0) is 11.3 Å². The van der Waals surface area contributed by atoms with Crippen molar-refractivity contribution >= 4 is 5.78 Å². The van der Waals surface area contributed by atoms with Crippen LogP contribution in [0.1, 0.15) is 22.8 Å². The zero-order valence-corrected chi connectivity index (χ0v) is 8.32. The molecule has 1 aromatic rings. The third-order valence-corrected chi connectivity index (χ3v) is 1.86. The molecule has 0 atom stereocenters. The fourth-order valence-electron chi connectivity index (χ4n) is 1.10. The molecule has 0 aliphatic heterocycles. The highest BCUT2D eigenvalue weighted by Gasteiger charge is 1.98. The van der Waals surface area contributed by atoms with Crippen LogP contribution in [0.3, 0.4) is 0 Å². The van der Waals surface area contributed by atoms with Crippen molar-refractivity contribution in [2.75, 3.05) is 6.61 Å². The molecule has 1 rings (SSSR count). The molecular formula is C12H14O2. The SMILES string of the molecule is C=CCOCc1ccc(C(C)=O)cc1. The van der Waals surface area contributed by atoms with Crippen LogP contribution in [0, 0.1) is 0 Å². The number of Topliss-reactive ketones (excluding diaryl/α,β-unsaturated/α-hetero) is 1. The Kier molecular flexibility index (Phi) is 4.08. The van der Waals surface area contributed by atoms with Crippen molar-refractivity contribution in [2.24, 2.45) is 0 Å². The first kappa shape index (κ1) is 10.7. The van der Waals surface area contributed by atoms with Gasteiger partial charge in [-0.3, -0.25) is 4.79 Å². The van der Waals surface area contributed by atoms with E-state index in [1.165, 1.54) is 0 Å². The number of hydrogen-bond donors (Lipinski definition) is 0. The van der Waals surface area contributed by atoms with Crippen LogP contribution in [0.15, 0.2) is 36.9 Å². The third kappa shape index (κ3) is 3.15. The Bertz CT molecular complexity index is 312. The van der Waals surface area contributed by atoms with Gasteiger partial charge in [0, 0.05) is 5.56 Å². The average Bonchev–Trinajstić information content (AvgIpc) is 2.19. The third-order valence-electron chi connectivity index (χ3n) is 1.86.